The highest BCUT2D eigenvalue weighted by Gasteiger charge is 2.37. The lowest BCUT2D eigenvalue weighted by molar-refractivity contribution is -0.122. The van der Waals surface area contributed by atoms with Crippen molar-refractivity contribution in [1.82, 2.24) is 5.32 Å². The number of hydrogen-bond donors (Lipinski definition) is 1. The van der Waals surface area contributed by atoms with Gasteiger partial charge in [-0.1, -0.05) is 45.7 Å². The van der Waals surface area contributed by atoms with Gasteiger partial charge in [-0.05, 0) is 73.0 Å². The first-order valence-corrected chi connectivity index (χ1v) is 12.4. The smallest absolute Gasteiger partial charge is 0.335 e. The van der Waals surface area contributed by atoms with Crippen molar-refractivity contribution in [2.45, 2.75) is 20.5 Å². The SMILES string of the molecule is CCOc1cc(/C=C2/C(=O)NC(=O)N(c3ccc(C)c(Cl)c3)C2=O)c(Br)cc1OCc1cccc(F)c1. The van der Waals surface area contributed by atoms with Crippen molar-refractivity contribution < 1.29 is 28.2 Å². The first kappa shape index (κ1) is 26.4. The normalized spacial score (nSPS) is 14.7. The molecule has 0 atom stereocenters. The Balaban J connectivity index is 1.67. The van der Waals surface area contributed by atoms with Crippen LogP contribution in [0.3, 0.4) is 0 Å². The van der Waals surface area contributed by atoms with E-state index in [4.69, 9.17) is 21.1 Å². The Bertz CT molecular complexity index is 1440. The molecule has 1 saturated heterocycles. The fourth-order valence-electron chi connectivity index (χ4n) is 3.60. The summed E-state index contributed by atoms with van der Waals surface area (Å²) in [5, 5.41) is 2.56. The van der Waals surface area contributed by atoms with Crippen LogP contribution in [0.5, 0.6) is 11.5 Å². The number of hydrogen-bond acceptors (Lipinski definition) is 5. The molecule has 4 rings (SSSR count). The van der Waals surface area contributed by atoms with Crippen molar-refractivity contribution >= 4 is 57.1 Å². The maximum absolute atomic E-state index is 13.5. The van der Waals surface area contributed by atoms with Crippen LogP contribution in [0.25, 0.3) is 6.08 Å². The minimum absolute atomic E-state index is 0.0990. The quantitative estimate of drug-likeness (QED) is 0.263. The monoisotopic (exact) mass is 586 g/mol. The van der Waals surface area contributed by atoms with Gasteiger partial charge in [-0.15, -0.1) is 0 Å². The van der Waals surface area contributed by atoms with E-state index in [0.29, 0.717) is 38.7 Å². The Hall–Kier alpha value is -3.69. The second-order valence-electron chi connectivity index (χ2n) is 8.06. The van der Waals surface area contributed by atoms with E-state index >= 15 is 0 Å². The van der Waals surface area contributed by atoms with Gasteiger partial charge >= 0.3 is 6.03 Å². The third kappa shape index (κ3) is 5.84. The number of carbonyl (C=O) groups excluding carboxylic acids is 3. The second-order valence-corrected chi connectivity index (χ2v) is 9.32. The number of halogens is 3. The molecular weight excluding hydrogens is 567 g/mol. The highest BCUT2D eigenvalue weighted by atomic mass is 79.9. The third-order valence-corrected chi connectivity index (χ3v) is 6.56. The average molecular weight is 588 g/mol. The number of ether oxygens (including phenoxy) is 2. The minimum atomic E-state index is -0.873. The van der Waals surface area contributed by atoms with Gasteiger partial charge in [-0.25, -0.2) is 14.1 Å². The fourth-order valence-corrected chi connectivity index (χ4v) is 4.21. The molecule has 0 saturated carbocycles. The number of benzene rings is 3. The molecule has 0 aromatic heterocycles. The zero-order valence-corrected chi connectivity index (χ0v) is 22.2. The van der Waals surface area contributed by atoms with Crippen LogP contribution < -0.4 is 19.7 Å². The molecule has 190 valence electrons. The molecule has 0 radical (unpaired) electrons. The van der Waals surface area contributed by atoms with Crippen LogP contribution >= 0.6 is 27.5 Å². The lowest BCUT2D eigenvalue weighted by atomic mass is 10.1. The predicted octanol–water partition coefficient (Wildman–Crippen LogP) is 6.19. The highest BCUT2D eigenvalue weighted by Crippen LogP contribution is 2.36. The van der Waals surface area contributed by atoms with Gasteiger partial charge in [0.15, 0.2) is 11.5 Å². The molecule has 1 aliphatic heterocycles. The largest absolute Gasteiger partial charge is 0.490 e. The molecule has 3 aromatic carbocycles. The lowest BCUT2D eigenvalue weighted by Gasteiger charge is -2.26. The van der Waals surface area contributed by atoms with E-state index in [0.717, 1.165) is 10.5 Å². The van der Waals surface area contributed by atoms with Crippen molar-refractivity contribution in [2.24, 2.45) is 0 Å². The zero-order valence-electron chi connectivity index (χ0n) is 19.8. The molecule has 4 amide bonds. The van der Waals surface area contributed by atoms with Crippen molar-refractivity contribution in [1.29, 1.82) is 0 Å². The molecule has 10 heteroatoms. The molecule has 0 bridgehead atoms. The number of aryl methyl sites for hydroxylation is 1. The van der Waals surface area contributed by atoms with Crippen LogP contribution in [0.2, 0.25) is 5.02 Å². The number of imide groups is 2. The van der Waals surface area contributed by atoms with Gasteiger partial charge in [0.2, 0.25) is 0 Å². The summed E-state index contributed by atoms with van der Waals surface area (Å²) in [6.45, 7) is 4.01. The number of rotatable bonds is 7. The summed E-state index contributed by atoms with van der Waals surface area (Å²) in [7, 11) is 0. The van der Waals surface area contributed by atoms with Crippen molar-refractivity contribution in [3.63, 3.8) is 0 Å². The summed E-state index contributed by atoms with van der Waals surface area (Å²) in [6, 6.07) is 13.1. The Morgan fingerprint density at radius 3 is 2.51 bits per heavy atom. The summed E-state index contributed by atoms with van der Waals surface area (Å²) in [5.74, 6) is -1.27. The van der Waals surface area contributed by atoms with E-state index in [-0.39, 0.29) is 23.7 Å². The van der Waals surface area contributed by atoms with Gasteiger partial charge in [-0.2, -0.15) is 0 Å². The van der Waals surface area contributed by atoms with Crippen LogP contribution in [0.4, 0.5) is 14.9 Å². The van der Waals surface area contributed by atoms with Crippen LogP contribution in [-0.4, -0.2) is 24.5 Å². The van der Waals surface area contributed by atoms with E-state index in [1.165, 1.54) is 24.3 Å². The molecule has 1 heterocycles. The van der Waals surface area contributed by atoms with Crippen molar-refractivity contribution in [3.8, 4) is 11.5 Å². The molecule has 37 heavy (non-hydrogen) atoms. The fraction of sp³-hybridized carbons (Fsp3) is 0.148. The first-order chi connectivity index (χ1) is 17.7. The van der Waals surface area contributed by atoms with Crippen LogP contribution in [0, 0.1) is 12.7 Å². The standard InChI is InChI=1S/C27H21BrClFN2O5/c1-3-36-23-11-17(21(28)13-24(23)37-14-16-5-4-6-18(30)9-16)10-20-25(33)31-27(35)32(26(20)34)19-8-7-15(2)22(29)12-19/h4-13H,3,14H2,1-2H3,(H,31,33,35)/b20-10-. The Kier molecular flexibility index (Phi) is 7.94. The van der Waals surface area contributed by atoms with Gasteiger partial charge in [0.1, 0.15) is 18.0 Å². The number of barbiturate groups is 1. The van der Waals surface area contributed by atoms with Gasteiger partial charge in [-0.3, -0.25) is 14.9 Å². The molecule has 1 fully saturated rings. The first-order valence-electron chi connectivity index (χ1n) is 11.2. The van der Waals surface area contributed by atoms with Crippen molar-refractivity contribution in [2.75, 3.05) is 11.5 Å². The van der Waals surface area contributed by atoms with Crippen LogP contribution in [0.1, 0.15) is 23.6 Å². The maximum Gasteiger partial charge on any atom is 0.335 e. The highest BCUT2D eigenvalue weighted by molar-refractivity contribution is 9.10. The summed E-state index contributed by atoms with van der Waals surface area (Å²) in [4.78, 5) is 39.2. The topological polar surface area (TPSA) is 84.9 Å². The number of urea groups is 1. The molecular formula is C27H21BrClFN2O5. The van der Waals surface area contributed by atoms with E-state index < -0.39 is 17.8 Å². The van der Waals surface area contributed by atoms with Gasteiger partial charge in [0.25, 0.3) is 11.8 Å². The number of amides is 4. The average Bonchev–Trinajstić information content (AvgIpc) is 2.84. The third-order valence-electron chi connectivity index (χ3n) is 5.46. The van der Waals surface area contributed by atoms with Gasteiger partial charge in [0.05, 0.1) is 12.3 Å². The minimum Gasteiger partial charge on any atom is -0.490 e. The molecule has 1 N–H and O–H groups in total. The van der Waals surface area contributed by atoms with E-state index in [2.05, 4.69) is 21.2 Å². The summed E-state index contributed by atoms with van der Waals surface area (Å²) in [5.41, 5.74) is 1.82. The molecule has 0 aliphatic carbocycles. The van der Waals surface area contributed by atoms with Crippen LogP contribution in [-0.2, 0) is 16.2 Å². The number of anilines is 1. The number of carbonyl (C=O) groups is 3. The maximum atomic E-state index is 13.5. The van der Waals surface area contributed by atoms with Gasteiger partial charge in [0, 0.05) is 9.50 Å². The van der Waals surface area contributed by atoms with E-state index in [1.807, 2.05) is 0 Å². The lowest BCUT2D eigenvalue weighted by Crippen LogP contribution is -2.54. The summed E-state index contributed by atoms with van der Waals surface area (Å²) < 4.78 is 25.6. The summed E-state index contributed by atoms with van der Waals surface area (Å²) >= 11 is 9.62. The molecule has 1 aliphatic rings. The number of nitrogens with one attached hydrogen (secondary N) is 1. The van der Waals surface area contributed by atoms with Gasteiger partial charge < -0.3 is 9.47 Å². The molecule has 3 aromatic rings. The van der Waals surface area contributed by atoms with Crippen LogP contribution in [0.15, 0.2) is 64.6 Å². The Morgan fingerprint density at radius 2 is 1.81 bits per heavy atom. The Morgan fingerprint density at radius 1 is 1.05 bits per heavy atom. The molecule has 0 unspecified atom stereocenters. The van der Waals surface area contributed by atoms with Crippen molar-refractivity contribution in [3.05, 3.63) is 92.2 Å². The summed E-state index contributed by atoms with van der Waals surface area (Å²) in [6.07, 6.45) is 1.36. The Labute approximate surface area is 225 Å². The predicted molar refractivity (Wildman–Crippen MR) is 141 cm³/mol. The second kappa shape index (κ2) is 11.1. The molecule has 7 nitrogen and oxygen atoms in total. The van der Waals surface area contributed by atoms with E-state index in [9.17, 15) is 18.8 Å². The number of nitrogens with zero attached hydrogens (tertiary/aromatic N) is 1. The zero-order chi connectivity index (χ0) is 26.7. The van der Waals surface area contributed by atoms with E-state index in [1.54, 1.807) is 50.2 Å². The molecule has 0 spiro atoms.